The molecule has 13 nitrogen and oxygen atoms in total. The maximum Gasteiger partial charge on any atom is 0.303 e. The van der Waals surface area contributed by atoms with Crippen LogP contribution in [0.4, 0.5) is 0 Å². The van der Waals surface area contributed by atoms with Crippen molar-refractivity contribution in [3.05, 3.63) is 0 Å². The molecule has 1 rings (SSSR count). The van der Waals surface area contributed by atoms with Crippen molar-refractivity contribution < 1.29 is 52.4 Å². The number of ether oxygens (including phenoxy) is 6. The third kappa shape index (κ3) is 10.9. The Labute approximate surface area is 198 Å². The molecule has 0 spiro atoms. The highest BCUT2D eigenvalue weighted by Gasteiger charge is 2.51. The highest BCUT2D eigenvalue weighted by Crippen LogP contribution is 2.28. The molecule has 5 unspecified atom stereocenters. The molecule has 5 atom stereocenters. The number of nitrogens with one attached hydrogen (secondary N) is 2. The Hall–Kier alpha value is -2.77. The highest BCUT2D eigenvalue weighted by atomic mass is 16.7. The Kier molecular flexibility index (Phi) is 13.1. The molecule has 0 saturated carbocycles. The minimum atomic E-state index is -1.19. The van der Waals surface area contributed by atoms with Gasteiger partial charge in [-0.2, -0.15) is 0 Å². The van der Waals surface area contributed by atoms with Gasteiger partial charge in [0.1, 0.15) is 18.8 Å². The average molecular weight is 491 g/mol. The van der Waals surface area contributed by atoms with Gasteiger partial charge in [0, 0.05) is 40.7 Å². The lowest BCUT2D eigenvalue weighted by molar-refractivity contribution is -0.279. The molecular formula is C21H34N2O11. The van der Waals surface area contributed by atoms with Gasteiger partial charge in [-0.15, -0.1) is 0 Å². The molecule has 1 aliphatic rings. The van der Waals surface area contributed by atoms with E-state index in [0.29, 0.717) is 13.0 Å². The number of carbonyl (C=O) groups is 5. The quantitative estimate of drug-likeness (QED) is 0.189. The lowest BCUT2D eigenvalue weighted by Crippen LogP contribution is -2.66. The van der Waals surface area contributed by atoms with Crippen molar-refractivity contribution in [2.24, 2.45) is 0 Å². The van der Waals surface area contributed by atoms with E-state index in [-0.39, 0.29) is 32.3 Å². The molecule has 0 aromatic heterocycles. The van der Waals surface area contributed by atoms with Gasteiger partial charge in [-0.1, -0.05) is 6.92 Å². The fraction of sp³-hybridized carbons (Fsp3) is 0.762. The van der Waals surface area contributed by atoms with Crippen LogP contribution in [0.2, 0.25) is 0 Å². The minimum Gasteiger partial charge on any atom is -0.463 e. The molecule has 0 aromatic rings. The number of hydrogen-bond donors (Lipinski definition) is 2. The Morgan fingerprint density at radius 3 is 2.06 bits per heavy atom. The smallest absolute Gasteiger partial charge is 0.303 e. The van der Waals surface area contributed by atoms with E-state index in [4.69, 9.17) is 28.4 Å². The molecule has 0 radical (unpaired) electrons. The summed E-state index contributed by atoms with van der Waals surface area (Å²) in [6.07, 6.45) is -4.19. The van der Waals surface area contributed by atoms with E-state index in [1.807, 2.05) is 0 Å². The fourth-order valence-electron chi connectivity index (χ4n) is 3.15. The summed E-state index contributed by atoms with van der Waals surface area (Å²) in [4.78, 5) is 57.9. The second kappa shape index (κ2) is 15.2. The third-order valence-corrected chi connectivity index (χ3v) is 4.47. The van der Waals surface area contributed by atoms with Crippen LogP contribution in [-0.4, -0.2) is 93.3 Å². The maximum absolute atomic E-state index is 11.8. The van der Waals surface area contributed by atoms with Gasteiger partial charge < -0.3 is 39.1 Å². The number of rotatable bonds is 13. The van der Waals surface area contributed by atoms with Gasteiger partial charge in [0.25, 0.3) is 0 Å². The standard InChI is InChI=1S/C21H34N2O11/c1-6-17(28)22-7-8-29-9-10-30-21-18(23-12(2)24)20(33-15(5)27)19(32-14(4)26)16(34-21)11-31-13(3)25/h16,18-21H,6-11H2,1-5H3,(H,22,28)(H,23,24). The van der Waals surface area contributed by atoms with E-state index in [9.17, 15) is 24.0 Å². The summed E-state index contributed by atoms with van der Waals surface area (Å²) < 4.78 is 32.7. The summed E-state index contributed by atoms with van der Waals surface area (Å²) in [5, 5.41) is 5.27. The van der Waals surface area contributed by atoms with Crippen molar-refractivity contribution in [1.82, 2.24) is 10.6 Å². The number of amides is 2. The summed E-state index contributed by atoms with van der Waals surface area (Å²) in [6.45, 7) is 6.94. The summed E-state index contributed by atoms with van der Waals surface area (Å²) in [7, 11) is 0. The number of carbonyl (C=O) groups excluding carboxylic acids is 5. The van der Waals surface area contributed by atoms with Crippen molar-refractivity contribution in [3.63, 3.8) is 0 Å². The van der Waals surface area contributed by atoms with E-state index in [1.54, 1.807) is 6.92 Å². The van der Waals surface area contributed by atoms with E-state index in [1.165, 1.54) is 13.8 Å². The van der Waals surface area contributed by atoms with E-state index in [0.717, 1.165) is 13.8 Å². The SMILES string of the molecule is CCC(=O)NCCOCCOC1OC(COC(C)=O)C(OC(C)=O)C(OC(C)=O)C1NC(C)=O. The van der Waals surface area contributed by atoms with E-state index in [2.05, 4.69) is 10.6 Å². The minimum absolute atomic E-state index is 0.0216. The highest BCUT2D eigenvalue weighted by molar-refractivity contribution is 5.75. The Morgan fingerprint density at radius 1 is 0.853 bits per heavy atom. The molecule has 194 valence electrons. The number of esters is 3. The van der Waals surface area contributed by atoms with Crippen LogP contribution < -0.4 is 10.6 Å². The molecule has 1 saturated heterocycles. The number of hydrogen-bond acceptors (Lipinski definition) is 11. The molecule has 1 heterocycles. The summed E-state index contributed by atoms with van der Waals surface area (Å²) in [6, 6.07) is -1.04. The zero-order chi connectivity index (χ0) is 25.7. The normalized spacial score (nSPS) is 24.0. The monoisotopic (exact) mass is 490 g/mol. The largest absolute Gasteiger partial charge is 0.463 e. The molecule has 0 aliphatic carbocycles. The van der Waals surface area contributed by atoms with Crippen LogP contribution in [0.3, 0.4) is 0 Å². The first-order valence-corrected chi connectivity index (χ1v) is 10.9. The van der Waals surface area contributed by atoms with Crippen LogP contribution in [0, 0.1) is 0 Å². The van der Waals surface area contributed by atoms with Crippen LogP contribution in [0.15, 0.2) is 0 Å². The van der Waals surface area contributed by atoms with Gasteiger partial charge in [-0.3, -0.25) is 24.0 Å². The molecule has 34 heavy (non-hydrogen) atoms. The predicted molar refractivity (Wildman–Crippen MR) is 114 cm³/mol. The third-order valence-electron chi connectivity index (χ3n) is 4.47. The molecule has 1 fully saturated rings. The fourth-order valence-corrected chi connectivity index (χ4v) is 3.15. The predicted octanol–water partition coefficient (Wildman–Crippen LogP) is -0.798. The zero-order valence-corrected chi connectivity index (χ0v) is 20.1. The van der Waals surface area contributed by atoms with Crippen molar-refractivity contribution in [2.75, 3.05) is 33.0 Å². The molecular weight excluding hydrogens is 456 g/mol. The second-order valence-corrected chi connectivity index (χ2v) is 7.41. The van der Waals surface area contributed by atoms with Gasteiger partial charge in [0.05, 0.1) is 19.8 Å². The zero-order valence-electron chi connectivity index (χ0n) is 20.1. The van der Waals surface area contributed by atoms with Gasteiger partial charge >= 0.3 is 17.9 Å². The van der Waals surface area contributed by atoms with Crippen LogP contribution in [0.5, 0.6) is 0 Å². The van der Waals surface area contributed by atoms with Crippen molar-refractivity contribution in [1.29, 1.82) is 0 Å². The van der Waals surface area contributed by atoms with Crippen LogP contribution >= 0.6 is 0 Å². The Bertz CT molecular complexity index is 715. The van der Waals surface area contributed by atoms with Gasteiger partial charge in [0.15, 0.2) is 18.5 Å². The maximum atomic E-state index is 11.8. The average Bonchev–Trinajstić information content (AvgIpc) is 2.74. The molecule has 2 amide bonds. The van der Waals surface area contributed by atoms with E-state index >= 15 is 0 Å². The van der Waals surface area contributed by atoms with Gasteiger partial charge in [-0.05, 0) is 0 Å². The molecule has 13 heteroatoms. The molecule has 1 aliphatic heterocycles. The lowest BCUT2D eigenvalue weighted by atomic mass is 9.96. The first-order valence-electron chi connectivity index (χ1n) is 10.9. The molecule has 0 aromatic carbocycles. The molecule has 0 bridgehead atoms. The lowest BCUT2D eigenvalue weighted by Gasteiger charge is -2.44. The van der Waals surface area contributed by atoms with Crippen molar-refractivity contribution >= 4 is 29.7 Å². The van der Waals surface area contributed by atoms with Gasteiger partial charge in [0.2, 0.25) is 11.8 Å². The van der Waals surface area contributed by atoms with E-state index < -0.39 is 54.5 Å². The summed E-state index contributed by atoms with van der Waals surface area (Å²) in [5.41, 5.74) is 0. The van der Waals surface area contributed by atoms with Crippen molar-refractivity contribution in [3.8, 4) is 0 Å². The first kappa shape index (κ1) is 29.3. The first-order chi connectivity index (χ1) is 16.0. The summed E-state index contributed by atoms with van der Waals surface area (Å²) in [5.74, 6) is -2.54. The van der Waals surface area contributed by atoms with Crippen LogP contribution in [0.25, 0.3) is 0 Å². The summed E-state index contributed by atoms with van der Waals surface area (Å²) >= 11 is 0. The Balaban J connectivity index is 2.94. The second-order valence-electron chi connectivity index (χ2n) is 7.41. The topological polar surface area (TPSA) is 165 Å². The van der Waals surface area contributed by atoms with Gasteiger partial charge in [-0.25, -0.2) is 0 Å². The Morgan fingerprint density at radius 2 is 1.50 bits per heavy atom. The van der Waals surface area contributed by atoms with Crippen molar-refractivity contribution in [2.45, 2.75) is 71.7 Å². The van der Waals surface area contributed by atoms with Crippen LogP contribution in [-0.2, 0) is 52.4 Å². The molecule has 2 N–H and O–H groups in total. The van der Waals surface area contributed by atoms with Crippen LogP contribution in [0.1, 0.15) is 41.0 Å².